The molecule has 0 aliphatic heterocycles. The topological polar surface area (TPSA) is 105 Å². The van der Waals surface area contributed by atoms with Crippen molar-refractivity contribution in [2.24, 2.45) is 0 Å². The summed E-state index contributed by atoms with van der Waals surface area (Å²) in [4.78, 5) is 26.1. The number of hydrogen-bond donors (Lipinski definition) is 2. The molecular weight excluding hydrogens is 499 g/mol. The summed E-state index contributed by atoms with van der Waals surface area (Å²) in [5.74, 6) is -0.875. The molecule has 4 N–H and O–H groups in total. The molecule has 2 aromatic rings. The van der Waals surface area contributed by atoms with Crippen LogP contribution in [-0.2, 0) is 6.15 Å². The number of hydrogen-bond acceptors (Lipinski definition) is 6. The average Bonchev–Trinajstić information content (AvgIpc) is 2.74. The van der Waals surface area contributed by atoms with Crippen LogP contribution >= 0.6 is 0 Å². The SMILES string of the molecule is CCC[CH2][Sn]([CH2]CCC)([O]C(=O)c1ccc(N)c(C)c1)[O]C(=O)c1ccc(N)c(C)c1. The van der Waals surface area contributed by atoms with Crippen molar-refractivity contribution in [2.75, 3.05) is 11.5 Å². The first-order chi connectivity index (χ1) is 14.7. The zero-order valence-corrected chi connectivity index (χ0v) is 21.8. The van der Waals surface area contributed by atoms with Gasteiger partial charge in [-0.25, -0.2) is 0 Å². The molecule has 2 aromatic carbocycles. The van der Waals surface area contributed by atoms with Crippen LogP contribution in [0.3, 0.4) is 0 Å². The van der Waals surface area contributed by atoms with Crippen LogP contribution in [0.15, 0.2) is 36.4 Å². The van der Waals surface area contributed by atoms with Crippen molar-refractivity contribution in [3.63, 3.8) is 0 Å². The van der Waals surface area contributed by atoms with Crippen LogP contribution in [0.1, 0.15) is 71.4 Å². The van der Waals surface area contributed by atoms with Gasteiger partial charge in [-0.2, -0.15) is 0 Å². The van der Waals surface area contributed by atoms with E-state index in [2.05, 4.69) is 13.8 Å². The minimum absolute atomic E-state index is 0.431. The van der Waals surface area contributed by atoms with E-state index in [0.29, 0.717) is 31.4 Å². The van der Waals surface area contributed by atoms with Crippen LogP contribution in [0.25, 0.3) is 0 Å². The average molecular weight is 533 g/mol. The quantitative estimate of drug-likeness (QED) is 0.308. The Bertz CT molecular complexity index is 854. The zero-order chi connectivity index (χ0) is 23.0. The zero-order valence-electron chi connectivity index (χ0n) is 19.0. The number of unbranched alkanes of at least 4 members (excludes halogenated alkanes) is 2. The summed E-state index contributed by atoms with van der Waals surface area (Å²) < 4.78 is 13.6. The van der Waals surface area contributed by atoms with Crippen LogP contribution in [0, 0.1) is 13.8 Å². The summed E-state index contributed by atoms with van der Waals surface area (Å²) in [7, 11) is 0. The van der Waals surface area contributed by atoms with E-state index in [-0.39, 0.29) is 0 Å². The van der Waals surface area contributed by atoms with Gasteiger partial charge in [0.1, 0.15) is 0 Å². The number of rotatable bonds is 10. The Morgan fingerprint density at radius 3 is 1.48 bits per heavy atom. The van der Waals surface area contributed by atoms with Gasteiger partial charge in [-0.15, -0.1) is 0 Å². The van der Waals surface area contributed by atoms with Crippen LogP contribution in [0.4, 0.5) is 11.4 Å². The molecule has 0 bridgehead atoms. The molecule has 7 heteroatoms. The van der Waals surface area contributed by atoms with Crippen molar-refractivity contribution < 1.29 is 15.7 Å². The number of anilines is 2. The molecule has 0 radical (unpaired) electrons. The van der Waals surface area contributed by atoms with Crippen molar-refractivity contribution >= 4 is 42.5 Å². The maximum absolute atomic E-state index is 13.0. The summed E-state index contributed by atoms with van der Waals surface area (Å²) in [6.07, 6.45) is 3.56. The molecule has 0 fully saturated rings. The molecule has 0 saturated carbocycles. The molecule has 0 saturated heterocycles. The van der Waals surface area contributed by atoms with E-state index < -0.39 is 31.1 Å². The molecule has 0 amide bonds. The Morgan fingerprint density at radius 2 is 1.16 bits per heavy atom. The molecule has 31 heavy (non-hydrogen) atoms. The predicted molar refractivity (Wildman–Crippen MR) is 127 cm³/mol. The molecule has 168 valence electrons. The third kappa shape index (κ3) is 6.89. The van der Waals surface area contributed by atoms with Gasteiger partial charge in [-0.3, -0.25) is 0 Å². The summed E-state index contributed by atoms with van der Waals surface area (Å²) in [6, 6.07) is 10.2. The first kappa shape index (κ1) is 25.0. The van der Waals surface area contributed by atoms with E-state index >= 15 is 0 Å². The van der Waals surface area contributed by atoms with Gasteiger partial charge in [0, 0.05) is 0 Å². The van der Waals surface area contributed by atoms with Crippen LogP contribution in [-0.4, -0.2) is 31.1 Å². The van der Waals surface area contributed by atoms with Crippen molar-refractivity contribution in [1.82, 2.24) is 0 Å². The number of benzene rings is 2. The molecule has 2 rings (SSSR count). The number of aryl methyl sites for hydroxylation is 2. The molecule has 0 aliphatic carbocycles. The molecule has 0 aromatic heterocycles. The standard InChI is InChI=1S/2C8H9NO2.2C4H9.Sn/c2*1-5-4-6(8(10)11)2-3-7(5)9;2*1-3-4-2;/h2*2-4H,9H2,1H3,(H,10,11);2*1,3-4H2,2H3;/q;;;;+2/p-2. The summed E-state index contributed by atoms with van der Waals surface area (Å²) in [5.41, 5.74) is 15.5. The molecule has 0 atom stereocenters. The van der Waals surface area contributed by atoms with Gasteiger partial charge in [0.05, 0.1) is 0 Å². The molecule has 6 nitrogen and oxygen atoms in total. The minimum atomic E-state index is -4.09. The van der Waals surface area contributed by atoms with Gasteiger partial charge < -0.3 is 0 Å². The second-order valence-corrected chi connectivity index (χ2v) is 17.3. The number of nitrogen functional groups attached to an aromatic ring is 2. The van der Waals surface area contributed by atoms with Crippen molar-refractivity contribution in [2.45, 2.75) is 62.3 Å². The van der Waals surface area contributed by atoms with E-state index in [1.807, 2.05) is 13.8 Å². The first-order valence-electron chi connectivity index (χ1n) is 10.9. The van der Waals surface area contributed by atoms with Gasteiger partial charge in [-0.05, 0) is 0 Å². The molecule has 0 unspecified atom stereocenters. The van der Waals surface area contributed by atoms with E-state index in [4.69, 9.17) is 17.6 Å². The Balaban J connectivity index is 2.35. The van der Waals surface area contributed by atoms with E-state index in [1.54, 1.807) is 36.4 Å². The number of carbonyl (C=O) groups excluding carboxylic acids is 2. The molecule has 0 heterocycles. The van der Waals surface area contributed by atoms with Crippen molar-refractivity contribution in [3.8, 4) is 0 Å². The fraction of sp³-hybridized carbons (Fsp3) is 0.417. The normalized spacial score (nSPS) is 11.2. The molecular formula is C24H34N2O4Sn. The van der Waals surface area contributed by atoms with Gasteiger partial charge in [-0.1, -0.05) is 0 Å². The third-order valence-corrected chi connectivity index (χ3v) is 14.9. The van der Waals surface area contributed by atoms with Gasteiger partial charge in [0.2, 0.25) is 0 Å². The fourth-order valence-corrected chi connectivity index (χ4v) is 13.0. The van der Waals surface area contributed by atoms with Crippen LogP contribution < -0.4 is 11.5 Å². The predicted octanol–water partition coefficient (Wildman–Crippen LogP) is 5.52. The fourth-order valence-electron chi connectivity index (χ4n) is 3.30. The molecule has 0 aliphatic rings. The molecule has 0 spiro atoms. The van der Waals surface area contributed by atoms with E-state index in [1.165, 1.54) is 0 Å². The number of nitrogens with two attached hydrogens (primary N) is 2. The monoisotopic (exact) mass is 534 g/mol. The van der Waals surface area contributed by atoms with Crippen molar-refractivity contribution in [3.05, 3.63) is 58.7 Å². The van der Waals surface area contributed by atoms with E-state index in [9.17, 15) is 9.59 Å². The number of carbonyl (C=O) groups is 2. The summed E-state index contributed by atoms with van der Waals surface area (Å²) in [5, 5.41) is 0. The van der Waals surface area contributed by atoms with Gasteiger partial charge >= 0.3 is 191 Å². The second-order valence-electron chi connectivity index (χ2n) is 8.04. The van der Waals surface area contributed by atoms with Crippen LogP contribution in [0.2, 0.25) is 8.87 Å². The maximum atomic E-state index is 13.0. The van der Waals surface area contributed by atoms with Gasteiger partial charge in [0.25, 0.3) is 0 Å². The Kier molecular flexibility index (Phi) is 9.22. The van der Waals surface area contributed by atoms with Crippen LogP contribution in [0.5, 0.6) is 0 Å². The van der Waals surface area contributed by atoms with E-state index in [0.717, 1.165) is 36.8 Å². The Labute approximate surface area is 190 Å². The first-order valence-corrected chi connectivity index (χ1v) is 17.3. The Hall–Kier alpha value is -2.22. The van der Waals surface area contributed by atoms with Crippen molar-refractivity contribution in [1.29, 1.82) is 0 Å². The van der Waals surface area contributed by atoms with Gasteiger partial charge in [0.15, 0.2) is 0 Å². The summed E-state index contributed by atoms with van der Waals surface area (Å²) in [6.45, 7) is 7.85. The third-order valence-electron chi connectivity index (χ3n) is 5.39. The second kappa shape index (κ2) is 11.4. The Morgan fingerprint density at radius 1 is 0.774 bits per heavy atom. The summed E-state index contributed by atoms with van der Waals surface area (Å²) >= 11 is -4.09.